The minimum absolute atomic E-state index is 0.0439. The number of nitrogens with two attached hydrogens (primary N) is 2. The standard InChI is InChI=1S/C18H20F3N5O2/c1-5-25-14(18(19,20)21)11-12(16(23)27)15(22)26(17(11)24-25)13-8(2)6-7-10(28-4)9(13)3/h6-7H,5,22H2,1-4H3,(H2,23,27). The van der Waals surface area contributed by atoms with Gasteiger partial charge in [-0.25, -0.2) is 0 Å². The third kappa shape index (κ3) is 2.67. The first kappa shape index (κ1) is 19.6. The number of nitrogens with zero attached hydrogens (tertiary/aromatic N) is 3. The van der Waals surface area contributed by atoms with Gasteiger partial charge >= 0.3 is 6.18 Å². The maximum atomic E-state index is 13.8. The van der Waals surface area contributed by atoms with Crippen molar-refractivity contribution in [2.75, 3.05) is 12.8 Å². The van der Waals surface area contributed by atoms with Gasteiger partial charge in [0.25, 0.3) is 5.91 Å². The molecule has 0 saturated carbocycles. The summed E-state index contributed by atoms with van der Waals surface area (Å²) in [5.74, 6) is -0.729. The Morgan fingerprint density at radius 2 is 1.93 bits per heavy atom. The van der Waals surface area contributed by atoms with Crippen molar-refractivity contribution < 1.29 is 22.7 Å². The maximum absolute atomic E-state index is 13.8. The molecule has 0 radical (unpaired) electrons. The highest BCUT2D eigenvalue weighted by Gasteiger charge is 2.41. The fourth-order valence-corrected chi connectivity index (χ4v) is 3.56. The Morgan fingerprint density at radius 1 is 1.29 bits per heavy atom. The molecule has 3 rings (SSSR count). The van der Waals surface area contributed by atoms with Crippen molar-refractivity contribution in [2.24, 2.45) is 5.73 Å². The Morgan fingerprint density at radius 3 is 2.43 bits per heavy atom. The zero-order valence-corrected chi connectivity index (χ0v) is 15.8. The molecule has 28 heavy (non-hydrogen) atoms. The Labute approximate surface area is 158 Å². The highest BCUT2D eigenvalue weighted by molar-refractivity contribution is 6.12. The number of primary amides is 1. The minimum Gasteiger partial charge on any atom is -0.496 e. The SMILES string of the molecule is CCn1nc2c(c(C(N)=O)c(N)n2-c2c(C)ccc(OC)c2C)c1C(F)(F)F. The van der Waals surface area contributed by atoms with Crippen molar-refractivity contribution in [1.82, 2.24) is 14.3 Å². The normalized spacial score (nSPS) is 12.0. The first-order chi connectivity index (χ1) is 13.0. The zero-order valence-electron chi connectivity index (χ0n) is 15.8. The lowest BCUT2D eigenvalue weighted by Crippen LogP contribution is -2.18. The zero-order chi connectivity index (χ0) is 21.0. The molecule has 0 atom stereocenters. The summed E-state index contributed by atoms with van der Waals surface area (Å²) in [4.78, 5) is 12.0. The fourth-order valence-electron chi connectivity index (χ4n) is 3.56. The number of rotatable bonds is 4. The van der Waals surface area contributed by atoms with Crippen LogP contribution >= 0.6 is 0 Å². The van der Waals surface area contributed by atoms with Gasteiger partial charge in [-0.2, -0.15) is 18.3 Å². The van der Waals surface area contributed by atoms with E-state index in [2.05, 4.69) is 5.10 Å². The van der Waals surface area contributed by atoms with Crippen molar-refractivity contribution in [3.63, 3.8) is 0 Å². The molecule has 0 aliphatic rings. The van der Waals surface area contributed by atoms with Crippen LogP contribution in [0, 0.1) is 13.8 Å². The molecule has 7 nitrogen and oxygen atoms in total. The number of halogens is 3. The monoisotopic (exact) mass is 395 g/mol. The lowest BCUT2D eigenvalue weighted by Gasteiger charge is -2.16. The van der Waals surface area contributed by atoms with Crippen molar-refractivity contribution in [3.8, 4) is 11.4 Å². The van der Waals surface area contributed by atoms with Gasteiger partial charge in [0.2, 0.25) is 0 Å². The average molecular weight is 395 g/mol. The number of fused-ring (bicyclic) bond motifs is 1. The van der Waals surface area contributed by atoms with E-state index in [1.54, 1.807) is 26.0 Å². The number of aryl methyl sites for hydroxylation is 2. The molecular formula is C18H20F3N5O2. The molecule has 3 aromatic rings. The predicted octanol–water partition coefficient (Wildman–Crippen LogP) is 3.17. The summed E-state index contributed by atoms with van der Waals surface area (Å²) in [6.07, 6.45) is -4.74. The average Bonchev–Trinajstić information content (AvgIpc) is 3.08. The van der Waals surface area contributed by atoms with E-state index in [1.165, 1.54) is 18.6 Å². The van der Waals surface area contributed by atoms with Gasteiger partial charge in [0.05, 0.1) is 23.7 Å². The Balaban J connectivity index is 2.56. The van der Waals surface area contributed by atoms with Crippen LogP contribution in [0.4, 0.5) is 19.0 Å². The second kappa shape index (κ2) is 6.47. The summed E-state index contributed by atoms with van der Waals surface area (Å²) >= 11 is 0. The molecule has 0 unspecified atom stereocenters. The van der Waals surface area contributed by atoms with Crippen LogP contribution in [0.5, 0.6) is 5.75 Å². The van der Waals surface area contributed by atoms with Crippen LogP contribution in [0.15, 0.2) is 12.1 Å². The van der Waals surface area contributed by atoms with Crippen LogP contribution in [0.25, 0.3) is 16.7 Å². The molecule has 2 aromatic heterocycles. The number of ether oxygens (including phenoxy) is 1. The second-order valence-corrected chi connectivity index (χ2v) is 6.38. The highest BCUT2D eigenvalue weighted by Crippen LogP contribution is 2.42. The number of anilines is 1. The molecule has 1 amide bonds. The number of aromatic nitrogens is 3. The number of carbonyl (C=O) groups is 1. The molecule has 150 valence electrons. The minimum atomic E-state index is -4.74. The van der Waals surface area contributed by atoms with Crippen molar-refractivity contribution in [1.29, 1.82) is 0 Å². The van der Waals surface area contributed by atoms with Crippen molar-refractivity contribution >= 4 is 22.8 Å². The summed E-state index contributed by atoms with van der Waals surface area (Å²) in [5, 5.41) is 3.70. The van der Waals surface area contributed by atoms with Gasteiger partial charge in [0, 0.05) is 12.1 Å². The van der Waals surface area contributed by atoms with Gasteiger partial charge < -0.3 is 16.2 Å². The molecule has 0 fully saturated rings. The second-order valence-electron chi connectivity index (χ2n) is 6.38. The summed E-state index contributed by atoms with van der Waals surface area (Å²) in [5.41, 5.74) is 11.9. The fraction of sp³-hybridized carbons (Fsp3) is 0.333. The van der Waals surface area contributed by atoms with E-state index < -0.39 is 28.7 Å². The number of hydrogen-bond acceptors (Lipinski definition) is 4. The molecule has 0 saturated heterocycles. The number of carbonyl (C=O) groups excluding carboxylic acids is 1. The summed E-state index contributed by atoms with van der Waals surface area (Å²) < 4.78 is 48.8. The molecule has 0 bridgehead atoms. The third-order valence-electron chi connectivity index (χ3n) is 4.73. The van der Waals surface area contributed by atoms with E-state index in [0.29, 0.717) is 17.0 Å². The molecule has 10 heteroatoms. The first-order valence-corrected chi connectivity index (χ1v) is 8.46. The predicted molar refractivity (Wildman–Crippen MR) is 98.7 cm³/mol. The Bertz CT molecular complexity index is 1100. The molecule has 0 spiro atoms. The van der Waals surface area contributed by atoms with Crippen LogP contribution in [0.3, 0.4) is 0 Å². The lowest BCUT2D eigenvalue weighted by molar-refractivity contribution is -0.142. The van der Waals surface area contributed by atoms with Gasteiger partial charge in [-0.15, -0.1) is 0 Å². The van der Waals surface area contributed by atoms with E-state index in [1.807, 2.05) is 0 Å². The van der Waals surface area contributed by atoms with E-state index in [4.69, 9.17) is 16.2 Å². The van der Waals surface area contributed by atoms with Crippen LogP contribution < -0.4 is 16.2 Å². The smallest absolute Gasteiger partial charge is 0.433 e. The number of amides is 1. The van der Waals surface area contributed by atoms with Gasteiger partial charge in [0.1, 0.15) is 11.6 Å². The van der Waals surface area contributed by atoms with Crippen LogP contribution in [0.2, 0.25) is 0 Å². The van der Waals surface area contributed by atoms with Crippen LogP contribution in [0.1, 0.15) is 34.1 Å². The largest absolute Gasteiger partial charge is 0.496 e. The molecule has 2 heterocycles. The number of methoxy groups -OCH3 is 1. The molecule has 0 aliphatic heterocycles. The van der Waals surface area contributed by atoms with Gasteiger partial charge in [-0.3, -0.25) is 14.0 Å². The Hall–Kier alpha value is -3.17. The van der Waals surface area contributed by atoms with Gasteiger partial charge in [0.15, 0.2) is 11.3 Å². The maximum Gasteiger partial charge on any atom is 0.433 e. The number of benzene rings is 1. The van der Waals surface area contributed by atoms with Crippen LogP contribution in [-0.4, -0.2) is 27.4 Å². The highest BCUT2D eigenvalue weighted by atomic mass is 19.4. The summed E-state index contributed by atoms with van der Waals surface area (Å²) in [6, 6.07) is 3.49. The molecule has 0 aliphatic carbocycles. The van der Waals surface area contributed by atoms with Gasteiger partial charge in [-0.1, -0.05) is 6.07 Å². The third-order valence-corrected chi connectivity index (χ3v) is 4.73. The van der Waals surface area contributed by atoms with Crippen LogP contribution in [-0.2, 0) is 12.7 Å². The van der Waals surface area contributed by atoms with Gasteiger partial charge in [-0.05, 0) is 32.4 Å². The molecular weight excluding hydrogens is 375 g/mol. The summed E-state index contributed by atoms with van der Waals surface area (Å²) in [7, 11) is 1.48. The molecule has 4 N–H and O–H groups in total. The van der Waals surface area contributed by atoms with Crippen molar-refractivity contribution in [2.45, 2.75) is 33.5 Å². The molecule has 1 aromatic carbocycles. The summed E-state index contributed by atoms with van der Waals surface area (Å²) in [6.45, 7) is 5.01. The van der Waals surface area contributed by atoms with E-state index in [9.17, 15) is 18.0 Å². The van der Waals surface area contributed by atoms with Crippen molar-refractivity contribution in [3.05, 3.63) is 34.5 Å². The quantitative estimate of drug-likeness (QED) is 0.708. The van der Waals surface area contributed by atoms with E-state index >= 15 is 0 Å². The van der Waals surface area contributed by atoms with E-state index in [0.717, 1.165) is 10.2 Å². The lowest BCUT2D eigenvalue weighted by atomic mass is 10.1. The number of hydrogen-bond donors (Lipinski definition) is 2. The number of nitrogen functional groups attached to an aromatic ring is 1. The number of alkyl halides is 3. The topological polar surface area (TPSA) is 101 Å². The Kier molecular flexibility index (Phi) is 4.52. The van der Waals surface area contributed by atoms with E-state index in [-0.39, 0.29) is 18.0 Å². The first-order valence-electron chi connectivity index (χ1n) is 8.46.